The zero-order valence-electron chi connectivity index (χ0n) is 14.7. The smallest absolute Gasteiger partial charge is 0.266 e. The quantitative estimate of drug-likeness (QED) is 0.333. The molecule has 134 valence electrons. The maximum absolute atomic E-state index is 13.2. The highest BCUT2D eigenvalue weighted by molar-refractivity contribution is 7.98. The van der Waals surface area contributed by atoms with E-state index in [1.165, 1.54) is 11.1 Å². The molecule has 0 fully saturated rings. The summed E-state index contributed by atoms with van der Waals surface area (Å²) in [4.78, 5) is 17.9. The van der Waals surface area contributed by atoms with Crippen LogP contribution in [-0.2, 0) is 5.75 Å². The van der Waals surface area contributed by atoms with E-state index < -0.39 is 0 Å². The number of para-hydroxylation sites is 1. The van der Waals surface area contributed by atoms with Gasteiger partial charge in [0.2, 0.25) is 0 Å². The molecule has 4 rings (SSSR count). The minimum absolute atomic E-state index is 0.0747. The first-order chi connectivity index (χ1) is 13.1. The van der Waals surface area contributed by atoms with Gasteiger partial charge in [-0.1, -0.05) is 65.3 Å². The van der Waals surface area contributed by atoms with E-state index in [2.05, 4.69) is 31.2 Å². The summed E-state index contributed by atoms with van der Waals surface area (Å²) in [6.07, 6.45) is 0. The number of aryl methyl sites for hydroxylation is 1. The fourth-order valence-electron chi connectivity index (χ4n) is 2.86. The fraction of sp³-hybridized carbons (Fsp3) is 0.0909. The van der Waals surface area contributed by atoms with E-state index in [9.17, 15) is 4.79 Å². The largest absolute Gasteiger partial charge is 0.268 e. The van der Waals surface area contributed by atoms with Gasteiger partial charge in [-0.25, -0.2) is 4.98 Å². The van der Waals surface area contributed by atoms with Crippen molar-refractivity contribution in [2.75, 3.05) is 0 Å². The van der Waals surface area contributed by atoms with Crippen molar-refractivity contribution in [1.29, 1.82) is 0 Å². The first-order valence-corrected chi connectivity index (χ1v) is 9.94. The van der Waals surface area contributed by atoms with E-state index in [0.29, 0.717) is 21.1 Å². The second kappa shape index (κ2) is 7.59. The molecule has 3 nitrogen and oxygen atoms in total. The first-order valence-electron chi connectivity index (χ1n) is 8.58. The highest BCUT2D eigenvalue weighted by atomic mass is 35.5. The summed E-state index contributed by atoms with van der Waals surface area (Å²) < 4.78 is 1.66. The van der Waals surface area contributed by atoms with Gasteiger partial charge in [0, 0.05) is 10.8 Å². The Kier molecular flexibility index (Phi) is 5.01. The molecular weight excluding hydrogens is 376 g/mol. The molecule has 5 heteroatoms. The number of benzene rings is 3. The van der Waals surface area contributed by atoms with Crippen LogP contribution in [0.3, 0.4) is 0 Å². The summed E-state index contributed by atoms with van der Waals surface area (Å²) in [5.41, 5.74) is 3.81. The number of nitrogens with zero attached hydrogens (tertiary/aromatic N) is 2. The van der Waals surface area contributed by atoms with E-state index in [0.717, 1.165) is 11.4 Å². The van der Waals surface area contributed by atoms with E-state index in [4.69, 9.17) is 16.6 Å². The van der Waals surface area contributed by atoms with Crippen molar-refractivity contribution < 1.29 is 0 Å². The molecule has 0 spiro atoms. The van der Waals surface area contributed by atoms with Crippen molar-refractivity contribution >= 4 is 34.3 Å². The first kappa shape index (κ1) is 17.8. The van der Waals surface area contributed by atoms with Crippen LogP contribution >= 0.6 is 23.4 Å². The molecule has 0 unspecified atom stereocenters. The van der Waals surface area contributed by atoms with E-state index >= 15 is 0 Å². The van der Waals surface area contributed by atoms with Crippen LogP contribution in [0.15, 0.2) is 82.7 Å². The van der Waals surface area contributed by atoms with Crippen LogP contribution < -0.4 is 5.56 Å². The summed E-state index contributed by atoms with van der Waals surface area (Å²) in [5.74, 6) is 0.735. The van der Waals surface area contributed by atoms with Crippen LogP contribution in [0.25, 0.3) is 16.6 Å². The number of halogens is 1. The maximum atomic E-state index is 13.2. The molecule has 0 atom stereocenters. The van der Waals surface area contributed by atoms with Gasteiger partial charge in [0.15, 0.2) is 5.16 Å². The molecule has 4 aromatic rings. The third-order valence-corrected chi connectivity index (χ3v) is 5.58. The van der Waals surface area contributed by atoms with Crippen LogP contribution in [0.4, 0.5) is 0 Å². The lowest BCUT2D eigenvalue weighted by atomic mass is 10.2. The molecule has 0 radical (unpaired) electrons. The predicted octanol–water partition coefficient (Wildman–Crippen LogP) is 5.64. The molecule has 1 heterocycles. The lowest BCUT2D eigenvalue weighted by Gasteiger charge is -2.13. The van der Waals surface area contributed by atoms with E-state index in [-0.39, 0.29) is 5.56 Å². The molecule has 0 aliphatic heterocycles. The molecule has 0 bridgehead atoms. The highest BCUT2D eigenvalue weighted by Gasteiger charge is 2.13. The average Bonchev–Trinajstić information content (AvgIpc) is 2.69. The Morgan fingerprint density at radius 2 is 1.67 bits per heavy atom. The topological polar surface area (TPSA) is 34.9 Å². The molecule has 0 aliphatic carbocycles. The average molecular weight is 393 g/mol. The van der Waals surface area contributed by atoms with Crippen LogP contribution in [0.2, 0.25) is 5.02 Å². The molecule has 3 aromatic carbocycles. The SMILES string of the molecule is Cc1ccc(CSc2nc3ccccc3c(=O)n2-c2ccc(Cl)cc2)cc1. The summed E-state index contributed by atoms with van der Waals surface area (Å²) >= 11 is 7.57. The molecule has 0 amide bonds. The molecule has 0 aliphatic rings. The Labute approximate surface area is 166 Å². The van der Waals surface area contributed by atoms with Crippen molar-refractivity contribution in [3.8, 4) is 5.69 Å². The Hall–Kier alpha value is -2.56. The van der Waals surface area contributed by atoms with Gasteiger partial charge < -0.3 is 0 Å². The Morgan fingerprint density at radius 1 is 0.963 bits per heavy atom. The van der Waals surface area contributed by atoms with Crippen molar-refractivity contribution in [3.63, 3.8) is 0 Å². The van der Waals surface area contributed by atoms with Crippen molar-refractivity contribution in [2.24, 2.45) is 0 Å². The molecular formula is C22H17ClN2OS. The minimum atomic E-state index is -0.0747. The van der Waals surface area contributed by atoms with E-state index in [1.54, 1.807) is 28.5 Å². The fourth-order valence-corrected chi connectivity index (χ4v) is 3.95. The number of hydrogen-bond donors (Lipinski definition) is 0. The van der Waals surface area contributed by atoms with Crippen LogP contribution in [0, 0.1) is 6.92 Å². The second-order valence-corrected chi connectivity index (χ2v) is 7.68. The number of thioether (sulfide) groups is 1. The number of hydrogen-bond acceptors (Lipinski definition) is 3. The van der Waals surface area contributed by atoms with Crippen molar-refractivity contribution in [3.05, 3.63) is 99.3 Å². The summed E-state index contributed by atoms with van der Waals surface area (Å²) in [5, 5.41) is 1.91. The van der Waals surface area contributed by atoms with Gasteiger partial charge >= 0.3 is 0 Å². The van der Waals surface area contributed by atoms with Gasteiger partial charge in [0.25, 0.3) is 5.56 Å². The summed E-state index contributed by atoms with van der Waals surface area (Å²) in [7, 11) is 0. The van der Waals surface area contributed by atoms with Crippen molar-refractivity contribution in [2.45, 2.75) is 17.8 Å². The number of aromatic nitrogens is 2. The highest BCUT2D eigenvalue weighted by Crippen LogP contribution is 2.25. The molecule has 0 saturated heterocycles. The van der Waals surface area contributed by atoms with Gasteiger partial charge in [-0.2, -0.15) is 0 Å². The van der Waals surface area contributed by atoms with Gasteiger partial charge in [0.1, 0.15) is 0 Å². The Balaban J connectivity index is 1.81. The summed E-state index contributed by atoms with van der Waals surface area (Å²) in [6.45, 7) is 2.07. The Bertz CT molecular complexity index is 1150. The number of fused-ring (bicyclic) bond motifs is 1. The Morgan fingerprint density at radius 3 is 2.41 bits per heavy atom. The molecule has 0 N–H and O–H groups in total. The van der Waals surface area contributed by atoms with Gasteiger partial charge in [0.05, 0.1) is 16.6 Å². The van der Waals surface area contributed by atoms with Gasteiger partial charge in [-0.15, -0.1) is 0 Å². The predicted molar refractivity (Wildman–Crippen MR) is 113 cm³/mol. The third kappa shape index (κ3) is 3.77. The normalized spacial score (nSPS) is 11.0. The number of rotatable bonds is 4. The monoisotopic (exact) mass is 392 g/mol. The lowest BCUT2D eigenvalue weighted by Crippen LogP contribution is -2.21. The van der Waals surface area contributed by atoms with Crippen LogP contribution in [-0.4, -0.2) is 9.55 Å². The van der Waals surface area contributed by atoms with Crippen molar-refractivity contribution in [1.82, 2.24) is 9.55 Å². The second-order valence-electron chi connectivity index (χ2n) is 6.30. The summed E-state index contributed by atoms with van der Waals surface area (Å²) in [6, 6.07) is 23.1. The zero-order chi connectivity index (χ0) is 18.8. The molecule has 0 saturated carbocycles. The lowest BCUT2D eigenvalue weighted by molar-refractivity contribution is 0.819. The zero-order valence-corrected chi connectivity index (χ0v) is 16.3. The maximum Gasteiger partial charge on any atom is 0.266 e. The third-order valence-electron chi connectivity index (χ3n) is 4.32. The molecule has 27 heavy (non-hydrogen) atoms. The standard InChI is InChI=1S/C22H17ClN2OS/c1-15-6-8-16(9-7-15)14-27-22-24-20-5-3-2-4-19(20)21(26)25(22)18-12-10-17(23)11-13-18/h2-13H,14H2,1H3. The van der Waals surface area contributed by atoms with E-state index in [1.807, 2.05) is 36.4 Å². The molecule has 1 aromatic heterocycles. The van der Waals surface area contributed by atoms with Gasteiger partial charge in [-0.05, 0) is 48.9 Å². The minimum Gasteiger partial charge on any atom is -0.268 e. The van der Waals surface area contributed by atoms with Crippen LogP contribution in [0.1, 0.15) is 11.1 Å². The van der Waals surface area contributed by atoms with Gasteiger partial charge in [-0.3, -0.25) is 9.36 Å². The van der Waals surface area contributed by atoms with Crippen LogP contribution in [0.5, 0.6) is 0 Å².